The molecule has 0 fully saturated rings. The van der Waals surface area contributed by atoms with E-state index in [1.165, 1.54) is 7.74 Å². The highest BCUT2D eigenvalue weighted by Gasteiger charge is 1.85. The van der Waals surface area contributed by atoms with Gasteiger partial charge >= 0.3 is 7.01 Å². The SMILES string of the molecule is BB(O)O. The van der Waals surface area contributed by atoms with Crippen LogP contribution in [-0.2, 0) is 0 Å². The lowest BCUT2D eigenvalue weighted by molar-refractivity contribution is 0.435. The van der Waals surface area contributed by atoms with Crippen LogP contribution in [0, 0.1) is 0 Å². The van der Waals surface area contributed by atoms with E-state index in [1.807, 2.05) is 0 Å². The maximum absolute atomic E-state index is 7.61. The highest BCUT2D eigenvalue weighted by atomic mass is 16.4. The van der Waals surface area contributed by atoms with Gasteiger partial charge in [-0.2, -0.15) is 0 Å². The van der Waals surface area contributed by atoms with E-state index in [-0.39, 0.29) is 0 Å². The van der Waals surface area contributed by atoms with Crippen LogP contribution >= 0.6 is 0 Å². The summed E-state index contributed by atoms with van der Waals surface area (Å²) in [7, 11) is 0.111. The first-order valence-electron chi connectivity index (χ1n) is 1.09. The van der Waals surface area contributed by atoms with Crippen molar-refractivity contribution in [2.24, 2.45) is 0 Å². The Kier molecular flexibility index (Phi) is 1.39. The second kappa shape index (κ2) is 1.38. The second-order valence-corrected chi connectivity index (χ2v) is 0.632. The molecule has 2 N–H and O–H groups in total. The fraction of sp³-hybridized carbons (Fsp3) is 0. The van der Waals surface area contributed by atoms with Crippen LogP contribution < -0.4 is 0 Å². The van der Waals surface area contributed by atoms with Crippen molar-refractivity contribution in [1.82, 2.24) is 0 Å². The maximum Gasteiger partial charge on any atom is 0.391 e. The third-order valence-corrected chi connectivity index (χ3v) is 0. The molecule has 0 bridgehead atoms. The molecule has 0 aliphatic carbocycles. The summed E-state index contributed by atoms with van der Waals surface area (Å²) < 4.78 is 0. The molecule has 0 unspecified atom stereocenters. The van der Waals surface area contributed by atoms with Gasteiger partial charge in [0, 0.05) is 0 Å². The Morgan fingerprint density at radius 2 is 1.50 bits per heavy atom. The first-order chi connectivity index (χ1) is 1.73. The minimum Gasteiger partial charge on any atom is -0.434 e. The van der Waals surface area contributed by atoms with Crippen LogP contribution in [0.25, 0.3) is 0 Å². The maximum atomic E-state index is 7.61. The number of rotatable bonds is 0. The molecule has 0 aliphatic rings. The van der Waals surface area contributed by atoms with Crippen LogP contribution in [0.5, 0.6) is 0 Å². The molecule has 0 saturated heterocycles. The summed E-state index contributed by atoms with van der Waals surface area (Å²) in [4.78, 5) is 0. The van der Waals surface area contributed by atoms with E-state index < -0.39 is 7.01 Å². The Labute approximate surface area is 26.0 Å². The fourth-order valence-corrected chi connectivity index (χ4v) is 0. The zero-order valence-electron chi connectivity index (χ0n) is 2.47. The van der Waals surface area contributed by atoms with Crippen LogP contribution in [0.15, 0.2) is 0 Å². The van der Waals surface area contributed by atoms with Crippen LogP contribution in [0.1, 0.15) is 0 Å². The predicted octanol–water partition coefficient (Wildman–Crippen LogP) is -2.41. The average molecular weight is 57.7 g/mol. The molecule has 4 heteroatoms. The number of hydrogen-bond donors (Lipinski definition) is 2. The minimum absolute atomic E-state index is 1.17. The monoisotopic (exact) mass is 58.0 g/mol. The van der Waals surface area contributed by atoms with E-state index in [0.29, 0.717) is 0 Å². The van der Waals surface area contributed by atoms with Crippen molar-refractivity contribution < 1.29 is 10.0 Å². The van der Waals surface area contributed by atoms with E-state index in [2.05, 4.69) is 0 Å². The van der Waals surface area contributed by atoms with Gasteiger partial charge in [0.1, 0.15) is 0 Å². The van der Waals surface area contributed by atoms with Gasteiger partial charge in [0.25, 0.3) is 0 Å². The Morgan fingerprint density at radius 1 is 1.50 bits per heavy atom. The normalized spacial score (nSPS) is 6.50. The molecular weight excluding hydrogens is 53.6 g/mol. The van der Waals surface area contributed by atoms with Crippen molar-refractivity contribution in [2.75, 3.05) is 0 Å². The summed E-state index contributed by atoms with van der Waals surface area (Å²) >= 11 is 0. The quantitative estimate of drug-likeness (QED) is 0.304. The van der Waals surface area contributed by atoms with Gasteiger partial charge in [0.15, 0.2) is 7.74 Å². The Hall–Kier alpha value is 0.0499. The van der Waals surface area contributed by atoms with E-state index in [4.69, 9.17) is 10.0 Å². The zero-order chi connectivity index (χ0) is 3.58. The molecule has 0 aromatic heterocycles. The van der Waals surface area contributed by atoms with Gasteiger partial charge in [0.2, 0.25) is 0 Å². The van der Waals surface area contributed by atoms with Crippen molar-refractivity contribution in [3.8, 4) is 0 Å². The molecule has 2 nitrogen and oxygen atoms in total. The summed E-state index contributed by atoms with van der Waals surface area (Å²) in [6.07, 6.45) is 0. The van der Waals surface area contributed by atoms with Gasteiger partial charge < -0.3 is 10.0 Å². The number of hydrogen-bond acceptors (Lipinski definition) is 2. The minimum atomic E-state index is -1.17. The van der Waals surface area contributed by atoms with Gasteiger partial charge in [-0.25, -0.2) is 0 Å². The molecular formula is H4B2O2. The van der Waals surface area contributed by atoms with Gasteiger partial charge in [0.05, 0.1) is 0 Å². The molecule has 0 radical (unpaired) electrons. The molecule has 0 aliphatic heterocycles. The van der Waals surface area contributed by atoms with Gasteiger partial charge in [-0.15, -0.1) is 0 Å². The van der Waals surface area contributed by atoms with Crippen molar-refractivity contribution in [3.63, 3.8) is 0 Å². The largest absolute Gasteiger partial charge is 0.434 e. The molecule has 4 heavy (non-hydrogen) atoms. The lowest BCUT2D eigenvalue weighted by atomic mass is 9.64. The highest BCUT2D eigenvalue weighted by Crippen LogP contribution is 1.38. The van der Waals surface area contributed by atoms with Crippen LogP contribution in [0.4, 0.5) is 0 Å². The van der Waals surface area contributed by atoms with Crippen LogP contribution in [-0.4, -0.2) is 24.8 Å². The highest BCUT2D eigenvalue weighted by molar-refractivity contribution is 6.93. The first kappa shape index (κ1) is 4.05. The molecule has 22 valence electrons. The lowest BCUT2D eigenvalue weighted by Gasteiger charge is -1.71. The van der Waals surface area contributed by atoms with Crippen LogP contribution in [0.2, 0.25) is 0 Å². The Morgan fingerprint density at radius 3 is 1.50 bits per heavy atom. The molecule has 0 rings (SSSR count). The summed E-state index contributed by atoms with van der Waals surface area (Å²) in [5.41, 5.74) is 0. The molecule has 0 aromatic rings. The van der Waals surface area contributed by atoms with Gasteiger partial charge in [-0.1, -0.05) is 0 Å². The van der Waals surface area contributed by atoms with E-state index in [9.17, 15) is 0 Å². The van der Waals surface area contributed by atoms with Crippen molar-refractivity contribution in [2.45, 2.75) is 0 Å². The topological polar surface area (TPSA) is 40.5 Å². The van der Waals surface area contributed by atoms with E-state index >= 15 is 0 Å². The lowest BCUT2D eigenvalue weighted by Crippen LogP contribution is -2.08. The molecule has 0 atom stereocenters. The van der Waals surface area contributed by atoms with Crippen molar-refractivity contribution >= 4 is 14.7 Å². The molecule has 0 saturated carbocycles. The second-order valence-electron chi connectivity index (χ2n) is 0.632. The molecule has 0 aromatic carbocycles. The summed E-state index contributed by atoms with van der Waals surface area (Å²) in [5.74, 6) is 0. The standard InChI is InChI=1S/B2H4O2/c1-2(3)4/h3-4H,1H2. The summed E-state index contributed by atoms with van der Waals surface area (Å²) in [6, 6.07) is 0. The zero-order valence-corrected chi connectivity index (χ0v) is 2.47. The summed E-state index contributed by atoms with van der Waals surface area (Å²) in [6.45, 7) is 0. The van der Waals surface area contributed by atoms with Gasteiger partial charge in [-0.3, -0.25) is 0 Å². The third kappa shape index (κ3) is 908. The smallest absolute Gasteiger partial charge is 0.391 e. The predicted molar refractivity (Wildman–Crippen MR) is 18.7 cm³/mol. The van der Waals surface area contributed by atoms with Crippen molar-refractivity contribution in [1.29, 1.82) is 0 Å². The third-order valence-electron chi connectivity index (χ3n) is 0. The van der Waals surface area contributed by atoms with Crippen LogP contribution in [0.3, 0.4) is 0 Å². The fourth-order valence-electron chi connectivity index (χ4n) is 0. The van der Waals surface area contributed by atoms with Gasteiger partial charge in [-0.05, 0) is 0 Å². The summed E-state index contributed by atoms with van der Waals surface area (Å²) in [5, 5.41) is 15.2. The molecule has 0 spiro atoms. The Bertz CT molecular complexity index is 8.75. The molecule has 0 amide bonds. The average Bonchev–Trinajstić information content (AvgIpc) is 0.811. The Balaban J connectivity index is 2.32. The first-order valence-corrected chi connectivity index (χ1v) is 1.09. The molecule has 0 heterocycles. The van der Waals surface area contributed by atoms with E-state index in [1.54, 1.807) is 0 Å². The van der Waals surface area contributed by atoms with Crippen molar-refractivity contribution in [3.05, 3.63) is 0 Å². The van der Waals surface area contributed by atoms with E-state index in [0.717, 1.165) is 0 Å².